The maximum atomic E-state index is 13.5. The molecule has 110 valence electrons. The van der Waals surface area contributed by atoms with Crippen molar-refractivity contribution in [3.8, 4) is 5.75 Å². The standard InChI is InChI=1S/C16H22FNO2/c1-3-18-14-10-16(8-12(9-16)19-4-2)20-15-7-11(17)5-6-13(14)15/h5-7,12,14,18H,3-4,8-10H2,1-2H3. The first-order chi connectivity index (χ1) is 9.65. The largest absolute Gasteiger partial charge is 0.487 e. The molecule has 1 N–H and O–H groups in total. The number of ether oxygens (including phenoxy) is 2. The number of nitrogens with one attached hydrogen (secondary N) is 1. The Bertz CT molecular complexity index is 485. The van der Waals surface area contributed by atoms with Gasteiger partial charge in [-0.2, -0.15) is 0 Å². The average Bonchev–Trinajstić information content (AvgIpc) is 2.37. The Hall–Kier alpha value is -1.13. The number of hydrogen-bond donors (Lipinski definition) is 1. The van der Waals surface area contributed by atoms with Crippen molar-refractivity contribution in [3.05, 3.63) is 29.6 Å². The quantitative estimate of drug-likeness (QED) is 0.918. The zero-order valence-electron chi connectivity index (χ0n) is 12.1. The maximum Gasteiger partial charge on any atom is 0.127 e. The molecular formula is C16H22FNO2. The summed E-state index contributed by atoms with van der Waals surface area (Å²) in [4.78, 5) is 0. The Kier molecular flexibility index (Phi) is 3.69. The Labute approximate surface area is 119 Å². The van der Waals surface area contributed by atoms with Gasteiger partial charge in [0.15, 0.2) is 0 Å². The van der Waals surface area contributed by atoms with Crippen LogP contribution in [0, 0.1) is 5.82 Å². The lowest BCUT2D eigenvalue weighted by molar-refractivity contribution is -0.135. The molecule has 0 radical (unpaired) electrons. The van der Waals surface area contributed by atoms with Crippen LogP contribution in [0.5, 0.6) is 5.75 Å². The minimum absolute atomic E-state index is 0.173. The molecule has 2 aliphatic rings. The highest BCUT2D eigenvalue weighted by Gasteiger charge is 2.51. The van der Waals surface area contributed by atoms with Crippen molar-refractivity contribution in [2.24, 2.45) is 0 Å². The van der Waals surface area contributed by atoms with E-state index in [2.05, 4.69) is 12.2 Å². The Morgan fingerprint density at radius 3 is 2.85 bits per heavy atom. The number of fused-ring (bicyclic) bond motifs is 1. The topological polar surface area (TPSA) is 30.5 Å². The van der Waals surface area contributed by atoms with Crippen LogP contribution < -0.4 is 10.1 Å². The predicted molar refractivity (Wildman–Crippen MR) is 75.4 cm³/mol. The first-order valence-corrected chi connectivity index (χ1v) is 7.49. The van der Waals surface area contributed by atoms with E-state index in [4.69, 9.17) is 9.47 Å². The molecule has 1 fully saturated rings. The fraction of sp³-hybridized carbons (Fsp3) is 0.625. The second-order valence-electron chi connectivity index (χ2n) is 5.77. The second-order valence-corrected chi connectivity index (χ2v) is 5.77. The van der Waals surface area contributed by atoms with E-state index in [9.17, 15) is 4.39 Å². The molecular weight excluding hydrogens is 257 g/mol. The summed E-state index contributed by atoms with van der Waals surface area (Å²) >= 11 is 0. The van der Waals surface area contributed by atoms with Crippen LogP contribution in [0.2, 0.25) is 0 Å². The summed E-state index contributed by atoms with van der Waals surface area (Å²) < 4.78 is 25.2. The smallest absolute Gasteiger partial charge is 0.127 e. The van der Waals surface area contributed by atoms with Crippen molar-refractivity contribution in [3.63, 3.8) is 0 Å². The number of hydrogen-bond acceptors (Lipinski definition) is 3. The Balaban J connectivity index is 1.82. The minimum Gasteiger partial charge on any atom is -0.487 e. The summed E-state index contributed by atoms with van der Waals surface area (Å²) in [6.07, 6.45) is 3.03. The van der Waals surface area contributed by atoms with Gasteiger partial charge in [-0.1, -0.05) is 13.0 Å². The lowest BCUT2D eigenvalue weighted by Crippen LogP contribution is -2.56. The van der Waals surface area contributed by atoms with Crippen LogP contribution in [0.25, 0.3) is 0 Å². The Morgan fingerprint density at radius 1 is 1.35 bits per heavy atom. The highest BCUT2D eigenvalue weighted by atomic mass is 19.1. The van der Waals surface area contributed by atoms with E-state index in [1.54, 1.807) is 0 Å². The van der Waals surface area contributed by atoms with E-state index < -0.39 is 0 Å². The number of benzene rings is 1. The van der Waals surface area contributed by atoms with E-state index in [1.807, 2.05) is 13.0 Å². The number of halogens is 1. The molecule has 0 bridgehead atoms. The third-order valence-corrected chi connectivity index (χ3v) is 4.31. The molecule has 3 nitrogen and oxygen atoms in total. The molecule has 0 saturated heterocycles. The molecule has 1 saturated carbocycles. The summed E-state index contributed by atoms with van der Waals surface area (Å²) in [6.45, 7) is 5.74. The zero-order chi connectivity index (χ0) is 14.2. The molecule has 4 heteroatoms. The molecule has 1 aromatic rings. The van der Waals surface area contributed by atoms with E-state index in [1.165, 1.54) is 12.1 Å². The molecule has 1 spiro atoms. The zero-order valence-corrected chi connectivity index (χ0v) is 12.1. The van der Waals surface area contributed by atoms with Crippen LogP contribution in [-0.4, -0.2) is 24.9 Å². The lowest BCUT2D eigenvalue weighted by Gasteiger charge is -2.51. The lowest BCUT2D eigenvalue weighted by atomic mass is 9.71. The summed E-state index contributed by atoms with van der Waals surface area (Å²) in [6, 6.07) is 5.10. The Morgan fingerprint density at radius 2 is 2.15 bits per heavy atom. The molecule has 3 rings (SSSR count). The van der Waals surface area contributed by atoms with Gasteiger partial charge < -0.3 is 14.8 Å². The third-order valence-electron chi connectivity index (χ3n) is 4.31. The van der Waals surface area contributed by atoms with E-state index in [0.29, 0.717) is 5.75 Å². The van der Waals surface area contributed by atoms with Crippen LogP contribution >= 0.6 is 0 Å². The minimum atomic E-state index is -0.239. The van der Waals surface area contributed by atoms with Gasteiger partial charge in [0.05, 0.1) is 6.10 Å². The number of rotatable bonds is 4. The van der Waals surface area contributed by atoms with Crippen molar-refractivity contribution in [2.45, 2.75) is 50.9 Å². The second kappa shape index (κ2) is 5.34. The van der Waals surface area contributed by atoms with Crippen molar-refractivity contribution in [1.82, 2.24) is 5.32 Å². The maximum absolute atomic E-state index is 13.5. The third kappa shape index (κ3) is 2.42. The SMILES string of the molecule is CCNC1CC2(CC(OCC)C2)Oc2cc(F)ccc21. The van der Waals surface area contributed by atoms with E-state index in [-0.39, 0.29) is 23.6 Å². The normalized spacial score (nSPS) is 31.6. The van der Waals surface area contributed by atoms with Crippen LogP contribution in [0.3, 0.4) is 0 Å². The van der Waals surface area contributed by atoms with Crippen LogP contribution in [0.4, 0.5) is 4.39 Å². The molecule has 1 aliphatic heterocycles. The van der Waals surface area contributed by atoms with Gasteiger partial charge in [-0.05, 0) is 19.5 Å². The molecule has 1 unspecified atom stereocenters. The van der Waals surface area contributed by atoms with E-state index in [0.717, 1.165) is 38.0 Å². The predicted octanol–water partition coefficient (Wildman–Crippen LogP) is 3.20. The summed E-state index contributed by atoms with van der Waals surface area (Å²) in [5.41, 5.74) is 0.895. The molecule has 0 amide bonds. The van der Waals surface area contributed by atoms with Crippen LogP contribution in [0.15, 0.2) is 18.2 Å². The summed E-state index contributed by atoms with van der Waals surface area (Å²) in [5, 5.41) is 3.49. The van der Waals surface area contributed by atoms with Gasteiger partial charge >= 0.3 is 0 Å². The first kappa shape index (κ1) is 13.8. The molecule has 1 atom stereocenters. The first-order valence-electron chi connectivity index (χ1n) is 7.49. The van der Waals surface area contributed by atoms with Crippen LogP contribution in [-0.2, 0) is 4.74 Å². The molecule has 1 heterocycles. The van der Waals surface area contributed by atoms with Crippen molar-refractivity contribution in [1.29, 1.82) is 0 Å². The van der Waals surface area contributed by atoms with Gasteiger partial charge in [0.2, 0.25) is 0 Å². The highest BCUT2D eigenvalue weighted by molar-refractivity contribution is 5.40. The van der Waals surface area contributed by atoms with Gasteiger partial charge in [0.25, 0.3) is 0 Å². The van der Waals surface area contributed by atoms with Gasteiger partial charge in [-0.15, -0.1) is 0 Å². The van der Waals surface area contributed by atoms with Crippen molar-refractivity contribution in [2.75, 3.05) is 13.2 Å². The van der Waals surface area contributed by atoms with Gasteiger partial charge in [0, 0.05) is 43.5 Å². The molecule has 1 aliphatic carbocycles. The van der Waals surface area contributed by atoms with Crippen molar-refractivity contribution < 1.29 is 13.9 Å². The average molecular weight is 279 g/mol. The fourth-order valence-corrected chi connectivity index (χ4v) is 3.44. The molecule has 1 aromatic carbocycles. The van der Waals surface area contributed by atoms with Gasteiger partial charge in [-0.25, -0.2) is 4.39 Å². The van der Waals surface area contributed by atoms with E-state index >= 15 is 0 Å². The van der Waals surface area contributed by atoms with Gasteiger partial charge in [0.1, 0.15) is 17.2 Å². The summed E-state index contributed by atoms with van der Waals surface area (Å²) in [5.74, 6) is 0.453. The molecule has 20 heavy (non-hydrogen) atoms. The molecule has 0 aromatic heterocycles. The fourth-order valence-electron chi connectivity index (χ4n) is 3.44. The highest BCUT2D eigenvalue weighted by Crippen LogP contribution is 2.49. The summed E-state index contributed by atoms with van der Waals surface area (Å²) in [7, 11) is 0. The monoisotopic (exact) mass is 279 g/mol. The van der Waals surface area contributed by atoms with Crippen LogP contribution in [0.1, 0.15) is 44.7 Å². The van der Waals surface area contributed by atoms with Crippen molar-refractivity contribution >= 4 is 0 Å². The van der Waals surface area contributed by atoms with Gasteiger partial charge in [-0.3, -0.25) is 0 Å².